The Hall–Kier alpha value is 0.543. The molecular weight excluding hydrogens is 145 g/mol. The summed E-state index contributed by atoms with van der Waals surface area (Å²) in [4.78, 5) is 0. The van der Waals surface area contributed by atoms with Gasteiger partial charge in [0.2, 0.25) is 0 Å². The topological polar surface area (TPSA) is 18.5 Å². The molecule has 0 atom stereocenters. The molecule has 1 fully saturated rings. The van der Waals surface area contributed by atoms with E-state index in [0.29, 0.717) is 0 Å². The predicted molar refractivity (Wildman–Crippen MR) is 21.4 cm³/mol. The van der Waals surface area contributed by atoms with Crippen LogP contribution in [0, 0.1) is 0 Å². The largest absolute Gasteiger partial charge is 0.351 e. The van der Waals surface area contributed by atoms with Crippen molar-refractivity contribution in [3.05, 3.63) is 0 Å². The van der Waals surface area contributed by atoms with Gasteiger partial charge in [0.25, 0.3) is 0 Å². The molecule has 1 aliphatic heterocycles. The van der Waals surface area contributed by atoms with Crippen molar-refractivity contribution >= 4 is 0 Å². The number of hydrogen-bond donors (Lipinski definition) is 0. The molecule has 1 rings (SSSR count). The van der Waals surface area contributed by atoms with Crippen LogP contribution in [-0.2, 0) is 29.0 Å². The van der Waals surface area contributed by atoms with Crippen LogP contribution >= 0.6 is 0 Å². The molecule has 1 heterocycles. The summed E-state index contributed by atoms with van der Waals surface area (Å²) in [5.74, 6) is 0. The fourth-order valence-electron chi connectivity index (χ4n) is 0.476. The standard InChI is InChI=1S/C4H8O2.Zn/c1-4-5-2-3-6-4;/h4H,2-3H2,1H3;. The van der Waals surface area contributed by atoms with E-state index in [0.717, 1.165) is 13.2 Å². The van der Waals surface area contributed by atoms with Gasteiger partial charge in [-0.15, -0.1) is 0 Å². The summed E-state index contributed by atoms with van der Waals surface area (Å²) in [6, 6.07) is 0. The van der Waals surface area contributed by atoms with Gasteiger partial charge >= 0.3 is 0 Å². The first kappa shape index (κ1) is 7.54. The summed E-state index contributed by atoms with van der Waals surface area (Å²) in [7, 11) is 0. The third kappa shape index (κ3) is 2.37. The second-order valence-electron chi connectivity index (χ2n) is 1.31. The number of hydrogen-bond acceptors (Lipinski definition) is 2. The average molecular weight is 153 g/mol. The van der Waals surface area contributed by atoms with Gasteiger partial charge in [0.1, 0.15) is 0 Å². The van der Waals surface area contributed by atoms with Crippen molar-refractivity contribution in [1.82, 2.24) is 0 Å². The Labute approximate surface area is 55.9 Å². The van der Waals surface area contributed by atoms with Crippen molar-refractivity contribution in [2.75, 3.05) is 13.2 Å². The summed E-state index contributed by atoms with van der Waals surface area (Å²) in [6.07, 6.45) is 0.0463. The zero-order chi connectivity index (χ0) is 4.41. The van der Waals surface area contributed by atoms with Crippen LogP contribution in [0.5, 0.6) is 0 Å². The van der Waals surface area contributed by atoms with Crippen LogP contribution in [0.15, 0.2) is 0 Å². The van der Waals surface area contributed by atoms with Gasteiger partial charge in [-0.3, -0.25) is 0 Å². The molecule has 0 spiro atoms. The van der Waals surface area contributed by atoms with Crippen LogP contribution in [0.25, 0.3) is 0 Å². The van der Waals surface area contributed by atoms with Gasteiger partial charge in [0.15, 0.2) is 6.29 Å². The zero-order valence-corrected chi connectivity index (χ0v) is 7.48. The molecule has 3 heteroatoms. The Balaban J connectivity index is 0.000000360. The van der Waals surface area contributed by atoms with Crippen LogP contribution < -0.4 is 0 Å². The number of rotatable bonds is 0. The Morgan fingerprint density at radius 3 is 1.86 bits per heavy atom. The zero-order valence-electron chi connectivity index (χ0n) is 4.52. The average Bonchev–Trinajstić information content (AvgIpc) is 1.86. The van der Waals surface area contributed by atoms with Crippen molar-refractivity contribution in [2.24, 2.45) is 0 Å². The summed E-state index contributed by atoms with van der Waals surface area (Å²) >= 11 is 0. The van der Waals surface area contributed by atoms with Gasteiger partial charge in [-0.25, -0.2) is 0 Å². The summed E-state index contributed by atoms with van der Waals surface area (Å²) in [5, 5.41) is 0. The molecule has 0 N–H and O–H groups in total. The third-order valence-corrected chi connectivity index (χ3v) is 0.788. The monoisotopic (exact) mass is 152 g/mol. The molecule has 0 aromatic rings. The summed E-state index contributed by atoms with van der Waals surface area (Å²) < 4.78 is 9.86. The molecule has 1 saturated heterocycles. The van der Waals surface area contributed by atoms with E-state index < -0.39 is 0 Å². The molecule has 1 aliphatic rings. The van der Waals surface area contributed by atoms with E-state index in [1.165, 1.54) is 0 Å². The van der Waals surface area contributed by atoms with Crippen molar-refractivity contribution in [3.63, 3.8) is 0 Å². The second kappa shape index (κ2) is 3.53. The van der Waals surface area contributed by atoms with Gasteiger partial charge in [-0.2, -0.15) is 0 Å². The molecular formula is C4H8O2Zn. The van der Waals surface area contributed by atoms with E-state index in [1.807, 2.05) is 6.92 Å². The van der Waals surface area contributed by atoms with Gasteiger partial charge < -0.3 is 9.47 Å². The molecule has 0 radical (unpaired) electrons. The molecule has 0 aromatic carbocycles. The first-order valence-corrected chi connectivity index (χ1v) is 2.13. The maximum Gasteiger partial charge on any atom is 0.155 e. The van der Waals surface area contributed by atoms with E-state index in [9.17, 15) is 0 Å². The quantitative estimate of drug-likeness (QED) is 0.469. The minimum atomic E-state index is 0. The molecule has 7 heavy (non-hydrogen) atoms. The molecule has 0 unspecified atom stereocenters. The van der Waals surface area contributed by atoms with E-state index in [4.69, 9.17) is 9.47 Å². The Kier molecular flexibility index (Phi) is 3.81. The Bertz CT molecular complexity index is 43.0. The van der Waals surface area contributed by atoms with Crippen LogP contribution in [0.3, 0.4) is 0 Å². The van der Waals surface area contributed by atoms with E-state index in [-0.39, 0.29) is 25.8 Å². The SMILES string of the molecule is CC1OCCO1.[Zn]. The summed E-state index contributed by atoms with van der Waals surface area (Å²) in [6.45, 7) is 3.43. The first-order valence-electron chi connectivity index (χ1n) is 2.13. The van der Waals surface area contributed by atoms with Crippen molar-refractivity contribution in [2.45, 2.75) is 13.2 Å². The van der Waals surface area contributed by atoms with Gasteiger partial charge in [-0.05, 0) is 6.92 Å². The second-order valence-corrected chi connectivity index (χ2v) is 1.31. The normalized spacial score (nSPS) is 21.9. The van der Waals surface area contributed by atoms with Gasteiger partial charge in [0, 0.05) is 19.5 Å². The Morgan fingerprint density at radius 1 is 1.29 bits per heavy atom. The third-order valence-electron chi connectivity index (χ3n) is 0.788. The van der Waals surface area contributed by atoms with Crippen molar-refractivity contribution in [3.8, 4) is 0 Å². The molecule has 0 saturated carbocycles. The predicted octanol–water partition coefficient (Wildman–Crippen LogP) is 0.377. The van der Waals surface area contributed by atoms with E-state index >= 15 is 0 Å². The van der Waals surface area contributed by atoms with Crippen LogP contribution in [0.1, 0.15) is 6.92 Å². The smallest absolute Gasteiger partial charge is 0.155 e. The molecule has 38 valence electrons. The van der Waals surface area contributed by atoms with Crippen molar-refractivity contribution in [1.29, 1.82) is 0 Å². The maximum absolute atomic E-state index is 4.93. The molecule has 0 amide bonds. The van der Waals surface area contributed by atoms with E-state index in [1.54, 1.807) is 0 Å². The molecule has 0 aliphatic carbocycles. The Morgan fingerprint density at radius 2 is 1.71 bits per heavy atom. The number of ether oxygens (including phenoxy) is 2. The summed E-state index contributed by atoms with van der Waals surface area (Å²) in [5.41, 5.74) is 0. The fourth-order valence-corrected chi connectivity index (χ4v) is 0.476. The fraction of sp³-hybridized carbons (Fsp3) is 1.00. The molecule has 2 nitrogen and oxygen atoms in total. The first-order chi connectivity index (χ1) is 2.89. The van der Waals surface area contributed by atoms with E-state index in [2.05, 4.69) is 0 Å². The minimum Gasteiger partial charge on any atom is -0.351 e. The van der Waals surface area contributed by atoms with Crippen LogP contribution in [-0.4, -0.2) is 19.5 Å². The molecule has 0 bridgehead atoms. The maximum atomic E-state index is 4.93. The van der Waals surface area contributed by atoms with Crippen molar-refractivity contribution < 1.29 is 29.0 Å². The minimum absolute atomic E-state index is 0. The van der Waals surface area contributed by atoms with Crippen LogP contribution in [0.4, 0.5) is 0 Å². The van der Waals surface area contributed by atoms with Gasteiger partial charge in [0.05, 0.1) is 13.2 Å². The molecule has 0 aromatic heterocycles. The van der Waals surface area contributed by atoms with Gasteiger partial charge in [-0.1, -0.05) is 0 Å². The van der Waals surface area contributed by atoms with Crippen LogP contribution in [0.2, 0.25) is 0 Å².